The smallest absolute Gasteiger partial charge is 0.254 e. The summed E-state index contributed by atoms with van der Waals surface area (Å²) >= 11 is 0. The first-order valence-corrected chi connectivity index (χ1v) is 9.79. The van der Waals surface area contributed by atoms with Gasteiger partial charge in [0, 0.05) is 43.9 Å². The number of carbonyl (C=O) groups excluding carboxylic acids is 1. The summed E-state index contributed by atoms with van der Waals surface area (Å²) < 4.78 is 1.79. The molecule has 28 heavy (non-hydrogen) atoms. The lowest BCUT2D eigenvalue weighted by Crippen LogP contribution is -2.50. The van der Waals surface area contributed by atoms with Crippen molar-refractivity contribution in [2.24, 2.45) is 0 Å². The van der Waals surface area contributed by atoms with Gasteiger partial charge in [-0.25, -0.2) is 4.98 Å². The minimum absolute atomic E-state index is 0.143. The molecule has 1 aliphatic carbocycles. The maximum atomic E-state index is 12.1. The van der Waals surface area contributed by atoms with Crippen LogP contribution in [0.1, 0.15) is 12.8 Å². The van der Waals surface area contributed by atoms with Crippen LogP contribution < -0.4 is 10.2 Å². The topological polar surface area (TPSA) is 78.7 Å². The van der Waals surface area contributed by atoms with Crippen LogP contribution in [0.2, 0.25) is 0 Å². The third kappa shape index (κ3) is 3.55. The van der Waals surface area contributed by atoms with E-state index in [-0.39, 0.29) is 5.91 Å². The number of rotatable bonds is 5. The van der Waals surface area contributed by atoms with Crippen molar-refractivity contribution in [3.05, 3.63) is 42.7 Å². The minimum Gasteiger partial charge on any atom is -0.354 e. The van der Waals surface area contributed by atoms with Gasteiger partial charge in [0.05, 0.1) is 12.2 Å². The summed E-state index contributed by atoms with van der Waals surface area (Å²) in [6, 6.07) is 12.6. The molecule has 5 rings (SSSR count). The van der Waals surface area contributed by atoms with Crippen LogP contribution in [0.3, 0.4) is 0 Å². The van der Waals surface area contributed by atoms with E-state index in [1.54, 1.807) is 10.8 Å². The third-order valence-corrected chi connectivity index (χ3v) is 5.31. The van der Waals surface area contributed by atoms with Crippen LogP contribution in [0.4, 0.5) is 5.82 Å². The maximum absolute atomic E-state index is 12.1. The number of piperazine rings is 1. The molecule has 0 unspecified atom stereocenters. The Kier molecular flexibility index (Phi) is 4.40. The first-order valence-electron chi connectivity index (χ1n) is 9.79. The van der Waals surface area contributed by atoms with Gasteiger partial charge in [-0.15, -0.1) is 0 Å². The molecule has 1 saturated heterocycles. The second-order valence-electron chi connectivity index (χ2n) is 7.44. The van der Waals surface area contributed by atoms with Crippen LogP contribution in [0.15, 0.2) is 42.7 Å². The van der Waals surface area contributed by atoms with E-state index in [4.69, 9.17) is 0 Å². The molecule has 3 heterocycles. The van der Waals surface area contributed by atoms with Crippen molar-refractivity contribution >= 4 is 17.5 Å². The molecule has 2 fully saturated rings. The van der Waals surface area contributed by atoms with Gasteiger partial charge < -0.3 is 10.2 Å². The summed E-state index contributed by atoms with van der Waals surface area (Å²) in [6.45, 7) is 3.84. The number of nitrogens with one attached hydrogen (secondary N) is 1. The fourth-order valence-corrected chi connectivity index (χ4v) is 3.62. The quantitative estimate of drug-likeness (QED) is 0.720. The van der Waals surface area contributed by atoms with Gasteiger partial charge in [0.1, 0.15) is 12.1 Å². The minimum atomic E-state index is 0.143. The summed E-state index contributed by atoms with van der Waals surface area (Å²) in [5.74, 6) is 1.73. The third-order valence-electron chi connectivity index (χ3n) is 5.31. The summed E-state index contributed by atoms with van der Waals surface area (Å²) in [5.41, 5.74) is 1.95. The Morgan fingerprint density at radius 3 is 2.64 bits per heavy atom. The van der Waals surface area contributed by atoms with Gasteiger partial charge in [-0.1, -0.05) is 30.3 Å². The summed E-state index contributed by atoms with van der Waals surface area (Å²) in [7, 11) is 0. The Labute approximate surface area is 163 Å². The molecule has 1 N–H and O–H groups in total. The number of amides is 1. The van der Waals surface area contributed by atoms with E-state index >= 15 is 0 Å². The first-order chi connectivity index (χ1) is 13.8. The molecule has 0 spiro atoms. The molecule has 0 radical (unpaired) electrons. The van der Waals surface area contributed by atoms with Crippen molar-refractivity contribution in [3.8, 4) is 11.3 Å². The van der Waals surface area contributed by atoms with E-state index in [1.807, 2.05) is 18.2 Å². The highest BCUT2D eigenvalue weighted by atomic mass is 16.2. The van der Waals surface area contributed by atoms with E-state index in [9.17, 15) is 4.79 Å². The molecule has 1 aliphatic heterocycles. The van der Waals surface area contributed by atoms with Crippen molar-refractivity contribution in [1.29, 1.82) is 0 Å². The Morgan fingerprint density at radius 2 is 1.89 bits per heavy atom. The number of aromatic nitrogens is 4. The predicted octanol–water partition coefficient (Wildman–Crippen LogP) is 1.19. The lowest BCUT2D eigenvalue weighted by molar-refractivity contribution is -0.122. The van der Waals surface area contributed by atoms with Gasteiger partial charge in [-0.05, 0) is 12.8 Å². The Morgan fingerprint density at radius 1 is 1.11 bits per heavy atom. The van der Waals surface area contributed by atoms with Gasteiger partial charge in [0.25, 0.3) is 5.78 Å². The lowest BCUT2D eigenvalue weighted by Gasteiger charge is -2.35. The van der Waals surface area contributed by atoms with Crippen molar-refractivity contribution in [3.63, 3.8) is 0 Å². The number of carbonyl (C=O) groups is 1. The highest BCUT2D eigenvalue weighted by Crippen LogP contribution is 2.24. The highest BCUT2D eigenvalue weighted by Gasteiger charge is 2.26. The molecule has 8 heteroatoms. The predicted molar refractivity (Wildman–Crippen MR) is 106 cm³/mol. The van der Waals surface area contributed by atoms with Crippen molar-refractivity contribution in [1.82, 2.24) is 29.8 Å². The molecule has 8 nitrogen and oxygen atoms in total. The van der Waals surface area contributed by atoms with Crippen molar-refractivity contribution in [2.75, 3.05) is 37.6 Å². The van der Waals surface area contributed by atoms with Crippen molar-refractivity contribution in [2.45, 2.75) is 18.9 Å². The van der Waals surface area contributed by atoms with Gasteiger partial charge in [0.2, 0.25) is 5.91 Å². The molecule has 3 aromatic rings. The standard InChI is InChI=1S/C20H23N7O/c28-18(23-16-6-7-16)13-25-8-10-26(11-9-25)19-12-17(15-4-2-1-3-5-15)24-20-21-14-22-27(19)20/h1-5,12,14,16H,6-11,13H2,(H,23,28). The van der Waals surface area contributed by atoms with E-state index in [2.05, 4.69) is 48.4 Å². The molecule has 144 valence electrons. The number of anilines is 1. The Bertz CT molecular complexity index is 975. The second kappa shape index (κ2) is 7.20. The molecule has 2 aromatic heterocycles. The SMILES string of the molecule is O=C(CN1CCN(c2cc(-c3ccccc3)nc3ncnn23)CC1)NC1CC1. The van der Waals surface area contributed by atoms with Crippen molar-refractivity contribution < 1.29 is 4.79 Å². The average molecular weight is 377 g/mol. The number of benzene rings is 1. The number of hydrogen-bond acceptors (Lipinski definition) is 6. The second-order valence-corrected chi connectivity index (χ2v) is 7.44. The zero-order valence-corrected chi connectivity index (χ0v) is 15.7. The molecule has 1 amide bonds. The fourth-order valence-electron chi connectivity index (χ4n) is 3.62. The van der Waals surface area contributed by atoms with E-state index in [0.717, 1.165) is 56.1 Å². The lowest BCUT2D eigenvalue weighted by atomic mass is 10.1. The zero-order chi connectivity index (χ0) is 18.9. The molecule has 0 atom stereocenters. The zero-order valence-electron chi connectivity index (χ0n) is 15.7. The molecular formula is C20H23N7O. The fraction of sp³-hybridized carbons (Fsp3) is 0.400. The monoisotopic (exact) mass is 377 g/mol. The number of hydrogen-bond donors (Lipinski definition) is 1. The Hall–Kier alpha value is -3.00. The number of fused-ring (bicyclic) bond motifs is 1. The van der Waals surface area contributed by atoms with E-state index in [1.165, 1.54) is 0 Å². The van der Waals surface area contributed by atoms with Gasteiger partial charge in [-0.2, -0.15) is 14.6 Å². The van der Waals surface area contributed by atoms with Gasteiger partial charge >= 0.3 is 0 Å². The molecule has 0 bridgehead atoms. The van der Waals surface area contributed by atoms with E-state index in [0.29, 0.717) is 18.4 Å². The maximum Gasteiger partial charge on any atom is 0.254 e. The normalized spacial score (nSPS) is 17.8. The first kappa shape index (κ1) is 17.1. The Balaban J connectivity index is 1.33. The van der Waals surface area contributed by atoms with Crippen LogP contribution in [0.5, 0.6) is 0 Å². The number of nitrogens with zero attached hydrogens (tertiary/aromatic N) is 6. The molecule has 1 saturated carbocycles. The molecule has 1 aromatic carbocycles. The van der Waals surface area contributed by atoms with Crippen LogP contribution in [-0.4, -0.2) is 69.2 Å². The summed E-state index contributed by atoms with van der Waals surface area (Å²) in [4.78, 5) is 25.5. The van der Waals surface area contributed by atoms with Crippen LogP contribution in [0.25, 0.3) is 17.0 Å². The van der Waals surface area contributed by atoms with Gasteiger partial charge in [-0.3, -0.25) is 9.69 Å². The van der Waals surface area contributed by atoms with Gasteiger partial charge in [0.15, 0.2) is 0 Å². The van der Waals surface area contributed by atoms with E-state index < -0.39 is 0 Å². The largest absolute Gasteiger partial charge is 0.354 e. The van der Waals surface area contributed by atoms with Crippen LogP contribution >= 0.6 is 0 Å². The van der Waals surface area contributed by atoms with Crippen LogP contribution in [0, 0.1) is 0 Å². The average Bonchev–Trinajstić information content (AvgIpc) is 3.40. The molecular weight excluding hydrogens is 354 g/mol. The summed E-state index contributed by atoms with van der Waals surface area (Å²) in [6.07, 6.45) is 3.79. The molecule has 2 aliphatic rings. The summed E-state index contributed by atoms with van der Waals surface area (Å²) in [5, 5.41) is 7.42. The van der Waals surface area contributed by atoms with Crippen LogP contribution in [-0.2, 0) is 4.79 Å². The highest BCUT2D eigenvalue weighted by molar-refractivity contribution is 5.78.